The number of nitrogens with one attached hydrogen (secondary N) is 2. The number of aliphatic hydroxyl groups excluding tert-OH is 2. The van der Waals surface area contributed by atoms with E-state index in [1.54, 1.807) is 23.9 Å². The van der Waals surface area contributed by atoms with Gasteiger partial charge in [-0.2, -0.15) is 0 Å². The van der Waals surface area contributed by atoms with E-state index in [-0.39, 0.29) is 18.6 Å². The van der Waals surface area contributed by atoms with Crippen molar-refractivity contribution in [2.45, 2.75) is 43.7 Å². The van der Waals surface area contributed by atoms with E-state index in [4.69, 9.17) is 11.6 Å². The van der Waals surface area contributed by atoms with Gasteiger partial charge in [-0.1, -0.05) is 59.8 Å². The minimum atomic E-state index is -1.87. The number of halogens is 1. The Morgan fingerprint density at radius 2 is 1.94 bits per heavy atom. The van der Waals surface area contributed by atoms with Crippen LogP contribution in [-0.4, -0.2) is 63.6 Å². The van der Waals surface area contributed by atoms with Gasteiger partial charge >= 0.3 is 0 Å². The van der Waals surface area contributed by atoms with Gasteiger partial charge in [0.05, 0.1) is 12.1 Å². The number of carbonyl (C=O) groups excluding carboxylic acids is 2. The predicted octanol–water partition coefficient (Wildman–Crippen LogP) is 2.41. The first-order valence-corrected chi connectivity index (χ1v) is 12.9. The molecule has 2 aromatic carbocycles. The Balaban J connectivity index is 1.32. The first-order valence-electron chi connectivity index (χ1n) is 11.5. The second-order valence-electron chi connectivity index (χ2n) is 8.60. The van der Waals surface area contributed by atoms with Crippen LogP contribution in [0.25, 0.3) is 0 Å². The average molecular weight is 517 g/mol. The number of thioether (sulfide) groups is 1. The van der Waals surface area contributed by atoms with Crippen LogP contribution in [0.3, 0.4) is 0 Å². The van der Waals surface area contributed by atoms with Gasteiger partial charge in [-0.05, 0) is 41.7 Å². The lowest BCUT2D eigenvalue weighted by Gasteiger charge is -2.28. The fraction of sp³-hybridized carbons (Fsp3) is 0.400. The van der Waals surface area contributed by atoms with Crippen LogP contribution in [0.4, 0.5) is 0 Å². The first kappa shape index (κ1) is 25.5. The quantitative estimate of drug-likeness (QED) is 0.449. The van der Waals surface area contributed by atoms with E-state index in [1.807, 2.05) is 43.4 Å². The summed E-state index contributed by atoms with van der Waals surface area (Å²) in [5, 5.41) is 28.0. The second kappa shape index (κ2) is 11.4. The number of likely N-dealkylation sites (tertiary alicyclic amines) is 1. The van der Waals surface area contributed by atoms with Crippen molar-refractivity contribution in [1.82, 2.24) is 15.5 Å². The Morgan fingerprint density at radius 3 is 2.63 bits per heavy atom. The molecule has 2 aliphatic heterocycles. The Kier molecular flexibility index (Phi) is 8.33. The van der Waals surface area contributed by atoms with Gasteiger partial charge in [-0.3, -0.25) is 14.6 Å². The highest BCUT2D eigenvalue weighted by Gasteiger charge is 2.38. The van der Waals surface area contributed by atoms with Crippen LogP contribution in [0.2, 0.25) is 5.02 Å². The normalized spacial score (nSPS) is 21.4. The molecule has 2 aromatic rings. The smallest absolute Gasteiger partial charge is 0.255 e. The summed E-state index contributed by atoms with van der Waals surface area (Å²) in [4.78, 5) is 31.5. The van der Waals surface area contributed by atoms with Crippen molar-refractivity contribution in [1.29, 1.82) is 0 Å². The third-order valence-electron chi connectivity index (χ3n) is 6.29. The van der Waals surface area contributed by atoms with Crippen molar-refractivity contribution in [2.75, 3.05) is 19.3 Å². The summed E-state index contributed by atoms with van der Waals surface area (Å²) in [5.74, 6) is -0.598. The van der Waals surface area contributed by atoms with E-state index in [1.165, 1.54) is 4.90 Å². The highest BCUT2D eigenvalue weighted by Crippen LogP contribution is 2.34. The fourth-order valence-corrected chi connectivity index (χ4v) is 5.50. The summed E-state index contributed by atoms with van der Waals surface area (Å²) < 4.78 is 0. The van der Waals surface area contributed by atoms with Gasteiger partial charge in [0.2, 0.25) is 0 Å². The summed E-state index contributed by atoms with van der Waals surface area (Å²) in [5.41, 5.74) is 2.78. The molecule has 4 atom stereocenters. The molecule has 186 valence electrons. The Bertz CT molecular complexity index is 1100. The zero-order valence-corrected chi connectivity index (χ0v) is 20.9. The maximum absolute atomic E-state index is 12.9. The van der Waals surface area contributed by atoms with Crippen LogP contribution in [0.15, 0.2) is 53.5 Å². The van der Waals surface area contributed by atoms with E-state index >= 15 is 0 Å². The van der Waals surface area contributed by atoms with Gasteiger partial charge in [0, 0.05) is 30.9 Å². The van der Waals surface area contributed by atoms with Gasteiger partial charge in [0.25, 0.3) is 11.8 Å². The van der Waals surface area contributed by atoms with Crippen LogP contribution in [0, 0.1) is 0 Å². The number of hydrogen-bond acceptors (Lipinski definition) is 7. The molecule has 2 amide bonds. The highest BCUT2D eigenvalue weighted by atomic mass is 35.5. The number of nitrogens with zero attached hydrogens (tertiary/aromatic N) is 2. The molecule has 1 fully saturated rings. The molecule has 4 N–H and O–H groups in total. The predicted molar refractivity (Wildman–Crippen MR) is 137 cm³/mol. The molecule has 4 rings (SSSR count). The Labute approximate surface area is 213 Å². The number of aliphatic imine (C=N–C) groups is 1. The minimum absolute atomic E-state index is 0.0930. The van der Waals surface area contributed by atoms with Crippen LogP contribution in [0.1, 0.15) is 41.6 Å². The van der Waals surface area contributed by atoms with Crippen LogP contribution >= 0.6 is 23.4 Å². The molecule has 0 radical (unpaired) electrons. The molecule has 0 saturated carbocycles. The fourth-order valence-electron chi connectivity index (χ4n) is 4.37. The molecule has 2 unspecified atom stereocenters. The monoisotopic (exact) mass is 516 g/mol. The molecule has 0 spiro atoms. The maximum atomic E-state index is 12.9. The number of carbonyl (C=O) groups is 2. The minimum Gasteiger partial charge on any atom is -0.380 e. The zero-order valence-electron chi connectivity index (χ0n) is 19.4. The summed E-state index contributed by atoms with van der Waals surface area (Å²) in [6, 6.07) is 14.8. The van der Waals surface area contributed by atoms with Crippen molar-refractivity contribution >= 4 is 40.3 Å². The van der Waals surface area contributed by atoms with Crippen LogP contribution < -0.4 is 10.6 Å². The number of amides is 2. The summed E-state index contributed by atoms with van der Waals surface area (Å²) >= 11 is 7.76. The van der Waals surface area contributed by atoms with Crippen molar-refractivity contribution in [3.05, 3.63) is 70.2 Å². The van der Waals surface area contributed by atoms with Crippen LogP contribution in [0.5, 0.6) is 0 Å². The van der Waals surface area contributed by atoms with Gasteiger partial charge in [-0.25, -0.2) is 0 Å². The molecule has 0 aromatic heterocycles. The van der Waals surface area contributed by atoms with Gasteiger partial charge in [-0.15, -0.1) is 0 Å². The lowest BCUT2D eigenvalue weighted by molar-refractivity contribution is -0.153. The van der Waals surface area contributed by atoms with Crippen molar-refractivity contribution in [2.24, 2.45) is 4.99 Å². The number of hydrogen-bond donors (Lipinski definition) is 4. The zero-order chi connectivity index (χ0) is 24.9. The first-order chi connectivity index (χ1) is 16.9. The summed E-state index contributed by atoms with van der Waals surface area (Å²) in [7, 11) is 1.85. The molecular formula is C25H29ClN4O4S. The van der Waals surface area contributed by atoms with Gasteiger partial charge < -0.3 is 25.7 Å². The summed E-state index contributed by atoms with van der Waals surface area (Å²) in [6.07, 6.45) is -2.24. The Morgan fingerprint density at radius 1 is 1.17 bits per heavy atom. The number of rotatable bonds is 7. The third-order valence-corrected chi connectivity index (χ3v) is 7.59. The maximum Gasteiger partial charge on any atom is 0.255 e. The molecule has 8 nitrogen and oxygen atoms in total. The van der Waals surface area contributed by atoms with Crippen molar-refractivity contribution < 1.29 is 19.8 Å². The number of amidine groups is 1. The molecule has 1 saturated heterocycles. The molecule has 2 heterocycles. The van der Waals surface area contributed by atoms with E-state index in [9.17, 15) is 19.8 Å². The summed E-state index contributed by atoms with van der Waals surface area (Å²) in [6.45, 7) is 0.601. The van der Waals surface area contributed by atoms with E-state index in [0.29, 0.717) is 11.6 Å². The highest BCUT2D eigenvalue weighted by molar-refractivity contribution is 8.14. The molecule has 0 aliphatic carbocycles. The van der Waals surface area contributed by atoms with Crippen LogP contribution in [-0.2, 0) is 16.1 Å². The lowest BCUT2D eigenvalue weighted by Crippen LogP contribution is -2.50. The van der Waals surface area contributed by atoms with E-state index in [0.717, 1.165) is 40.5 Å². The second-order valence-corrected chi connectivity index (χ2v) is 10.0. The standard InChI is InChI=1S/C25H29ClN4O4S/c1-27-25-29-19(14-35-25)16-9-7-15(8-10-16)13-28-23(33)21(31)22(32)24(34)30-11-3-6-20(30)17-4-2-5-18(26)12-17/h2,4-5,7-10,12,19-22,31-32H,3,6,11,13-14H2,1H3,(H,27,29)(H,28,33)/t19?,20?,21-,22-/m1/s1. The molecule has 2 aliphatic rings. The SMILES string of the molecule is CNC1=NC(c2ccc(CNC(=O)[C@H](O)[C@@H](O)C(=O)N3CCCC3c3cccc(Cl)c3)cc2)CS1. The largest absolute Gasteiger partial charge is 0.380 e. The molecule has 0 bridgehead atoms. The molecular weight excluding hydrogens is 488 g/mol. The molecule has 10 heteroatoms. The van der Waals surface area contributed by atoms with E-state index < -0.39 is 24.0 Å². The van der Waals surface area contributed by atoms with Gasteiger partial charge in [0.15, 0.2) is 17.4 Å². The third kappa shape index (κ3) is 5.98. The average Bonchev–Trinajstić information content (AvgIpc) is 3.56. The topological polar surface area (TPSA) is 114 Å². The van der Waals surface area contributed by atoms with E-state index in [2.05, 4.69) is 15.6 Å². The van der Waals surface area contributed by atoms with Gasteiger partial charge in [0.1, 0.15) is 0 Å². The number of aliphatic hydroxyl groups is 2. The Hall–Kier alpha value is -2.59. The van der Waals surface area contributed by atoms with Crippen molar-refractivity contribution in [3.8, 4) is 0 Å². The lowest BCUT2D eigenvalue weighted by atomic mass is 10.0. The van der Waals surface area contributed by atoms with Crippen molar-refractivity contribution in [3.63, 3.8) is 0 Å². The number of benzene rings is 2. The molecule has 35 heavy (non-hydrogen) atoms.